The van der Waals surface area contributed by atoms with Gasteiger partial charge in [-0.3, -0.25) is 0 Å². The number of nitrogens with zero attached hydrogens (tertiary/aromatic N) is 1. The molecule has 0 bridgehead atoms. The lowest BCUT2D eigenvalue weighted by Gasteiger charge is -2.02. The monoisotopic (exact) mass is 282 g/mol. The van der Waals surface area contributed by atoms with Crippen LogP contribution in [0, 0.1) is 11.3 Å². The third-order valence-corrected chi connectivity index (χ3v) is 4.72. The molecule has 3 rings (SSSR count). The first-order valence-electron chi connectivity index (χ1n) is 5.76. The van der Waals surface area contributed by atoms with Crippen LogP contribution in [0.25, 0.3) is 9.75 Å². The molecular weight excluding hydrogens is 272 g/mol. The van der Waals surface area contributed by atoms with Crippen molar-refractivity contribution in [2.24, 2.45) is 0 Å². The van der Waals surface area contributed by atoms with Crippen LogP contribution in [0.1, 0.15) is 5.56 Å². The highest BCUT2D eigenvalue weighted by Gasteiger charge is 2.03. The number of thiophene rings is 2. The van der Waals surface area contributed by atoms with Crippen LogP contribution >= 0.6 is 22.7 Å². The molecule has 0 radical (unpaired) electrons. The fraction of sp³-hybridized carbons (Fsp3) is 0. The van der Waals surface area contributed by atoms with Gasteiger partial charge in [0.1, 0.15) is 0 Å². The maximum Gasteiger partial charge on any atom is 0.0991 e. The second-order valence-electron chi connectivity index (χ2n) is 3.96. The summed E-state index contributed by atoms with van der Waals surface area (Å²) in [5.41, 5.74) is 1.68. The molecule has 2 nitrogen and oxygen atoms in total. The molecule has 0 aliphatic rings. The molecule has 0 saturated heterocycles. The van der Waals surface area contributed by atoms with Crippen molar-refractivity contribution in [1.29, 1.82) is 5.26 Å². The molecule has 1 aromatic carbocycles. The molecular formula is C15H10N2S2. The Kier molecular flexibility index (Phi) is 3.32. The lowest BCUT2D eigenvalue weighted by atomic mass is 10.2. The van der Waals surface area contributed by atoms with Gasteiger partial charge in [0.05, 0.1) is 16.6 Å². The molecule has 0 amide bonds. The summed E-state index contributed by atoms with van der Waals surface area (Å²) in [5, 5.41) is 15.3. The van der Waals surface area contributed by atoms with E-state index in [1.807, 2.05) is 24.3 Å². The number of rotatable bonds is 3. The molecule has 3 aromatic rings. The summed E-state index contributed by atoms with van der Waals surface area (Å²) in [6.07, 6.45) is 0. The predicted molar refractivity (Wildman–Crippen MR) is 82.1 cm³/mol. The Morgan fingerprint density at radius 3 is 2.47 bits per heavy atom. The van der Waals surface area contributed by atoms with Gasteiger partial charge >= 0.3 is 0 Å². The van der Waals surface area contributed by atoms with E-state index in [9.17, 15) is 0 Å². The molecule has 0 atom stereocenters. The number of hydrogen-bond donors (Lipinski definition) is 1. The van der Waals surface area contributed by atoms with Gasteiger partial charge in [0, 0.05) is 15.4 Å². The van der Waals surface area contributed by atoms with Crippen LogP contribution in [0.15, 0.2) is 53.9 Å². The third kappa shape index (κ3) is 2.68. The minimum Gasteiger partial charge on any atom is -0.347 e. The van der Waals surface area contributed by atoms with E-state index < -0.39 is 0 Å². The SMILES string of the molecule is N#Cc1ccc(Nc2ccc(-c3cccs3)s2)cc1. The Bertz CT molecular complexity index is 703. The number of nitrogens with one attached hydrogen (secondary N) is 1. The Balaban J connectivity index is 1.78. The zero-order chi connectivity index (χ0) is 13.1. The van der Waals surface area contributed by atoms with Crippen molar-refractivity contribution in [2.75, 3.05) is 5.32 Å². The Morgan fingerprint density at radius 1 is 0.947 bits per heavy atom. The van der Waals surface area contributed by atoms with Gasteiger partial charge in [-0.1, -0.05) is 6.07 Å². The van der Waals surface area contributed by atoms with Crippen LogP contribution in [0.2, 0.25) is 0 Å². The number of nitriles is 1. The molecule has 0 fully saturated rings. The Labute approximate surface area is 119 Å². The lowest BCUT2D eigenvalue weighted by molar-refractivity contribution is 1.48. The van der Waals surface area contributed by atoms with Crippen molar-refractivity contribution in [3.63, 3.8) is 0 Å². The van der Waals surface area contributed by atoms with E-state index in [2.05, 4.69) is 41.0 Å². The summed E-state index contributed by atoms with van der Waals surface area (Å²) in [6.45, 7) is 0. The number of anilines is 2. The van der Waals surface area contributed by atoms with Gasteiger partial charge in [-0.2, -0.15) is 5.26 Å². The maximum atomic E-state index is 8.76. The first kappa shape index (κ1) is 12.0. The second-order valence-corrected chi connectivity index (χ2v) is 5.99. The summed E-state index contributed by atoms with van der Waals surface area (Å²) in [4.78, 5) is 2.56. The van der Waals surface area contributed by atoms with Crippen molar-refractivity contribution in [3.8, 4) is 15.8 Å². The van der Waals surface area contributed by atoms with Crippen LogP contribution in [0.3, 0.4) is 0 Å². The third-order valence-electron chi connectivity index (χ3n) is 2.65. The topological polar surface area (TPSA) is 35.8 Å². The van der Waals surface area contributed by atoms with Gasteiger partial charge in [0.15, 0.2) is 0 Å². The molecule has 0 unspecified atom stereocenters. The van der Waals surface area contributed by atoms with Crippen molar-refractivity contribution in [2.45, 2.75) is 0 Å². The molecule has 0 aliphatic heterocycles. The predicted octanol–water partition coefficient (Wildman–Crippen LogP) is 5.09. The molecule has 2 heterocycles. The van der Waals surface area contributed by atoms with Crippen molar-refractivity contribution < 1.29 is 0 Å². The first-order chi connectivity index (χ1) is 9.35. The number of hydrogen-bond acceptors (Lipinski definition) is 4. The summed E-state index contributed by atoms with van der Waals surface area (Å²) in [6, 6.07) is 18.0. The second kappa shape index (κ2) is 5.27. The summed E-state index contributed by atoms with van der Waals surface area (Å²) in [5.74, 6) is 0. The van der Waals surface area contributed by atoms with Crippen LogP contribution in [0.5, 0.6) is 0 Å². The van der Waals surface area contributed by atoms with E-state index in [4.69, 9.17) is 5.26 Å². The highest BCUT2D eigenvalue weighted by Crippen LogP contribution is 2.35. The maximum absolute atomic E-state index is 8.76. The van der Waals surface area contributed by atoms with Crippen molar-refractivity contribution >= 4 is 33.4 Å². The molecule has 2 aromatic heterocycles. The number of benzene rings is 1. The molecule has 0 spiro atoms. The highest BCUT2D eigenvalue weighted by atomic mass is 32.1. The quantitative estimate of drug-likeness (QED) is 0.726. The van der Waals surface area contributed by atoms with E-state index in [0.717, 1.165) is 10.7 Å². The Morgan fingerprint density at radius 2 is 1.79 bits per heavy atom. The largest absolute Gasteiger partial charge is 0.347 e. The fourth-order valence-corrected chi connectivity index (χ4v) is 3.49. The summed E-state index contributed by atoms with van der Waals surface area (Å²) < 4.78 is 0. The fourth-order valence-electron chi connectivity index (χ4n) is 1.73. The summed E-state index contributed by atoms with van der Waals surface area (Å²) in [7, 11) is 0. The van der Waals surface area contributed by atoms with Crippen molar-refractivity contribution in [1.82, 2.24) is 0 Å². The molecule has 19 heavy (non-hydrogen) atoms. The van der Waals surface area contributed by atoms with Gasteiger partial charge in [0.25, 0.3) is 0 Å². The van der Waals surface area contributed by atoms with Gasteiger partial charge in [-0.05, 0) is 47.8 Å². The van der Waals surface area contributed by atoms with Gasteiger partial charge in [-0.25, -0.2) is 0 Å². The molecule has 1 N–H and O–H groups in total. The molecule has 0 aliphatic carbocycles. The summed E-state index contributed by atoms with van der Waals surface area (Å²) >= 11 is 3.48. The molecule has 4 heteroatoms. The van der Waals surface area contributed by atoms with E-state index in [1.54, 1.807) is 22.7 Å². The van der Waals surface area contributed by atoms with E-state index in [-0.39, 0.29) is 0 Å². The van der Waals surface area contributed by atoms with Crippen LogP contribution in [-0.2, 0) is 0 Å². The van der Waals surface area contributed by atoms with E-state index >= 15 is 0 Å². The normalized spacial score (nSPS) is 10.1. The standard InChI is InChI=1S/C15H10N2S2/c16-10-11-3-5-12(6-4-11)17-15-8-7-14(19-15)13-2-1-9-18-13/h1-9,17H. The Hall–Kier alpha value is -2.09. The molecule has 92 valence electrons. The van der Waals surface area contributed by atoms with E-state index in [0.29, 0.717) is 5.56 Å². The van der Waals surface area contributed by atoms with Crippen LogP contribution in [0.4, 0.5) is 10.7 Å². The van der Waals surface area contributed by atoms with Gasteiger partial charge < -0.3 is 5.32 Å². The van der Waals surface area contributed by atoms with E-state index in [1.165, 1.54) is 9.75 Å². The van der Waals surface area contributed by atoms with Crippen LogP contribution in [-0.4, -0.2) is 0 Å². The smallest absolute Gasteiger partial charge is 0.0991 e. The van der Waals surface area contributed by atoms with Gasteiger partial charge in [0.2, 0.25) is 0 Å². The van der Waals surface area contributed by atoms with Gasteiger partial charge in [-0.15, -0.1) is 22.7 Å². The zero-order valence-corrected chi connectivity index (χ0v) is 11.6. The lowest BCUT2D eigenvalue weighted by Crippen LogP contribution is -1.86. The van der Waals surface area contributed by atoms with Crippen LogP contribution < -0.4 is 5.32 Å². The highest BCUT2D eigenvalue weighted by molar-refractivity contribution is 7.23. The van der Waals surface area contributed by atoms with Crippen molar-refractivity contribution in [3.05, 3.63) is 59.5 Å². The molecule has 0 saturated carbocycles. The minimum absolute atomic E-state index is 0.677. The first-order valence-corrected chi connectivity index (χ1v) is 7.46. The average Bonchev–Trinajstić information content (AvgIpc) is 3.10. The zero-order valence-electron chi connectivity index (χ0n) is 9.96. The minimum atomic E-state index is 0.677. The average molecular weight is 282 g/mol.